The van der Waals surface area contributed by atoms with Gasteiger partial charge >= 0.3 is 0 Å². The van der Waals surface area contributed by atoms with Crippen molar-refractivity contribution in [3.05, 3.63) is 39.9 Å². The number of nitro benzene ring substituents is 1. The average Bonchev–Trinajstić information content (AvgIpc) is 2.49. The predicted octanol–water partition coefficient (Wildman–Crippen LogP) is 4.22. The van der Waals surface area contributed by atoms with Crippen LogP contribution in [-0.2, 0) is 0 Å². The summed E-state index contributed by atoms with van der Waals surface area (Å²) >= 11 is 0. The fourth-order valence-electron chi connectivity index (χ4n) is 3.05. The number of nitrogens with one attached hydrogen (secondary N) is 1. The molecule has 4 nitrogen and oxygen atoms in total. The molecular weight excluding hydrogens is 252 g/mol. The van der Waals surface area contributed by atoms with Gasteiger partial charge in [-0.15, -0.1) is 0 Å². The van der Waals surface area contributed by atoms with Crippen LogP contribution in [0.2, 0.25) is 0 Å². The lowest BCUT2D eigenvalue weighted by Gasteiger charge is -2.25. The number of non-ortho nitro benzene ring substituents is 1. The summed E-state index contributed by atoms with van der Waals surface area (Å²) in [4.78, 5) is 10.5. The smallest absolute Gasteiger partial charge is 0.269 e. The van der Waals surface area contributed by atoms with Crippen molar-refractivity contribution in [2.75, 3.05) is 6.54 Å². The molecule has 1 aliphatic carbocycles. The van der Waals surface area contributed by atoms with Gasteiger partial charge in [0, 0.05) is 18.2 Å². The van der Waals surface area contributed by atoms with Crippen LogP contribution in [0.5, 0.6) is 0 Å². The van der Waals surface area contributed by atoms with Crippen LogP contribution in [0.15, 0.2) is 24.3 Å². The summed E-state index contributed by atoms with van der Waals surface area (Å²) in [5, 5.41) is 14.5. The van der Waals surface area contributed by atoms with E-state index in [1.165, 1.54) is 32.1 Å². The Morgan fingerprint density at radius 2 is 2.10 bits per heavy atom. The first-order valence-electron chi connectivity index (χ1n) is 7.68. The topological polar surface area (TPSA) is 55.2 Å². The van der Waals surface area contributed by atoms with E-state index in [1.807, 2.05) is 6.07 Å². The van der Waals surface area contributed by atoms with Gasteiger partial charge in [0.15, 0.2) is 0 Å². The van der Waals surface area contributed by atoms with E-state index in [0.29, 0.717) is 0 Å². The van der Waals surface area contributed by atoms with Crippen LogP contribution in [0.1, 0.15) is 57.1 Å². The molecule has 1 atom stereocenters. The SMILES string of the molecule is CCC(NCC1CCCCC1)c1cccc([N+](=O)[O-])c1. The first kappa shape index (κ1) is 15.0. The molecule has 0 aromatic heterocycles. The maximum Gasteiger partial charge on any atom is 0.269 e. The van der Waals surface area contributed by atoms with E-state index in [9.17, 15) is 10.1 Å². The van der Waals surface area contributed by atoms with Crippen molar-refractivity contribution < 1.29 is 4.92 Å². The second kappa shape index (κ2) is 7.39. The molecule has 1 aromatic carbocycles. The molecule has 1 fully saturated rings. The number of hydrogen-bond donors (Lipinski definition) is 1. The van der Waals surface area contributed by atoms with Crippen molar-refractivity contribution in [3.63, 3.8) is 0 Å². The molecule has 1 N–H and O–H groups in total. The van der Waals surface area contributed by atoms with E-state index in [4.69, 9.17) is 0 Å². The van der Waals surface area contributed by atoms with Gasteiger partial charge in [-0.1, -0.05) is 38.3 Å². The van der Waals surface area contributed by atoms with Gasteiger partial charge in [0.05, 0.1) is 4.92 Å². The summed E-state index contributed by atoms with van der Waals surface area (Å²) in [5.41, 5.74) is 1.21. The third-order valence-electron chi connectivity index (χ3n) is 4.27. The minimum atomic E-state index is -0.322. The van der Waals surface area contributed by atoms with Gasteiger partial charge in [0.2, 0.25) is 0 Å². The Hall–Kier alpha value is -1.42. The van der Waals surface area contributed by atoms with Crippen molar-refractivity contribution >= 4 is 5.69 Å². The molecule has 1 unspecified atom stereocenters. The van der Waals surface area contributed by atoms with Crippen LogP contribution >= 0.6 is 0 Å². The fraction of sp³-hybridized carbons (Fsp3) is 0.625. The third kappa shape index (κ3) is 4.04. The van der Waals surface area contributed by atoms with E-state index >= 15 is 0 Å². The Morgan fingerprint density at radius 3 is 2.75 bits per heavy atom. The van der Waals surface area contributed by atoms with Crippen molar-refractivity contribution in [3.8, 4) is 0 Å². The van der Waals surface area contributed by atoms with Crippen LogP contribution in [0.25, 0.3) is 0 Å². The Balaban J connectivity index is 1.96. The standard InChI is InChI=1S/C16H24N2O2/c1-2-16(17-12-13-7-4-3-5-8-13)14-9-6-10-15(11-14)18(19)20/h6,9-11,13,16-17H,2-5,7-8,12H2,1H3. The zero-order chi connectivity index (χ0) is 14.4. The molecule has 1 saturated carbocycles. The molecule has 1 aromatic rings. The van der Waals surface area contributed by atoms with Gasteiger partial charge in [-0.05, 0) is 37.3 Å². The molecule has 20 heavy (non-hydrogen) atoms. The fourth-order valence-corrected chi connectivity index (χ4v) is 3.05. The molecule has 0 spiro atoms. The van der Waals surface area contributed by atoms with Crippen LogP contribution in [0, 0.1) is 16.0 Å². The molecule has 0 heterocycles. The zero-order valence-electron chi connectivity index (χ0n) is 12.2. The van der Waals surface area contributed by atoms with Gasteiger partial charge in [0.25, 0.3) is 5.69 Å². The average molecular weight is 276 g/mol. The highest BCUT2D eigenvalue weighted by molar-refractivity contribution is 5.35. The Morgan fingerprint density at radius 1 is 1.35 bits per heavy atom. The molecule has 0 radical (unpaired) electrons. The normalized spacial score (nSPS) is 17.9. The van der Waals surface area contributed by atoms with E-state index < -0.39 is 0 Å². The van der Waals surface area contributed by atoms with Gasteiger partial charge in [-0.3, -0.25) is 10.1 Å². The number of nitro groups is 1. The summed E-state index contributed by atoms with van der Waals surface area (Å²) in [6, 6.07) is 7.23. The highest BCUT2D eigenvalue weighted by Gasteiger charge is 2.17. The second-order valence-electron chi connectivity index (χ2n) is 5.73. The largest absolute Gasteiger partial charge is 0.310 e. The highest BCUT2D eigenvalue weighted by atomic mass is 16.6. The molecule has 0 aliphatic heterocycles. The maximum atomic E-state index is 10.9. The molecule has 0 bridgehead atoms. The Kier molecular flexibility index (Phi) is 5.53. The van der Waals surface area contributed by atoms with Crippen molar-refractivity contribution in [1.29, 1.82) is 0 Å². The summed E-state index contributed by atoms with van der Waals surface area (Å²) < 4.78 is 0. The molecule has 1 aliphatic rings. The lowest BCUT2D eigenvalue weighted by Crippen LogP contribution is -2.28. The first-order valence-corrected chi connectivity index (χ1v) is 7.68. The summed E-state index contributed by atoms with van der Waals surface area (Å²) in [6.45, 7) is 3.15. The zero-order valence-corrected chi connectivity index (χ0v) is 12.2. The van der Waals surface area contributed by atoms with Crippen LogP contribution in [0.3, 0.4) is 0 Å². The summed E-state index contributed by atoms with van der Waals surface area (Å²) in [6.07, 6.45) is 7.66. The minimum absolute atomic E-state index is 0.181. The van der Waals surface area contributed by atoms with E-state index in [1.54, 1.807) is 18.2 Å². The lowest BCUT2D eigenvalue weighted by molar-refractivity contribution is -0.384. The third-order valence-corrected chi connectivity index (χ3v) is 4.27. The van der Waals surface area contributed by atoms with Crippen molar-refractivity contribution in [2.24, 2.45) is 5.92 Å². The van der Waals surface area contributed by atoms with Gasteiger partial charge in [-0.25, -0.2) is 0 Å². The van der Waals surface area contributed by atoms with Gasteiger partial charge in [0.1, 0.15) is 0 Å². The number of nitrogens with zero attached hydrogens (tertiary/aromatic N) is 1. The Labute approximate surface area is 120 Å². The predicted molar refractivity (Wildman–Crippen MR) is 80.7 cm³/mol. The molecular formula is C16H24N2O2. The number of benzene rings is 1. The van der Waals surface area contributed by atoms with Crippen LogP contribution < -0.4 is 5.32 Å². The lowest BCUT2D eigenvalue weighted by atomic mass is 9.89. The first-order chi connectivity index (χ1) is 9.70. The van der Waals surface area contributed by atoms with Gasteiger partial charge < -0.3 is 5.32 Å². The molecule has 0 saturated heterocycles. The molecule has 110 valence electrons. The summed E-state index contributed by atoms with van der Waals surface area (Å²) in [5.74, 6) is 0.775. The van der Waals surface area contributed by atoms with Crippen LogP contribution in [0.4, 0.5) is 5.69 Å². The molecule has 0 amide bonds. The Bertz CT molecular complexity index is 442. The summed E-state index contributed by atoms with van der Waals surface area (Å²) in [7, 11) is 0. The monoisotopic (exact) mass is 276 g/mol. The number of rotatable bonds is 6. The number of hydrogen-bond acceptors (Lipinski definition) is 3. The second-order valence-corrected chi connectivity index (χ2v) is 5.73. The van der Waals surface area contributed by atoms with E-state index in [0.717, 1.165) is 24.4 Å². The minimum Gasteiger partial charge on any atom is -0.310 e. The quantitative estimate of drug-likeness (QED) is 0.625. The van der Waals surface area contributed by atoms with Crippen molar-refractivity contribution in [2.45, 2.75) is 51.5 Å². The van der Waals surface area contributed by atoms with E-state index in [2.05, 4.69) is 12.2 Å². The van der Waals surface area contributed by atoms with Gasteiger partial charge in [-0.2, -0.15) is 0 Å². The maximum absolute atomic E-state index is 10.9. The van der Waals surface area contributed by atoms with Crippen LogP contribution in [-0.4, -0.2) is 11.5 Å². The van der Waals surface area contributed by atoms with E-state index in [-0.39, 0.29) is 16.7 Å². The molecule has 4 heteroatoms. The molecule has 2 rings (SSSR count). The van der Waals surface area contributed by atoms with Crippen molar-refractivity contribution in [1.82, 2.24) is 5.32 Å². The highest BCUT2D eigenvalue weighted by Crippen LogP contribution is 2.25.